The van der Waals surface area contributed by atoms with Crippen molar-refractivity contribution in [3.63, 3.8) is 0 Å². The SMILES string of the molecule is COc1ccc(-c2nc3cnccn3c2Nc2ccc3c(c2)CC/C3=N\O)c(F)c1. The van der Waals surface area contributed by atoms with Crippen LogP contribution in [0, 0.1) is 5.82 Å². The molecule has 0 atom stereocenters. The molecule has 0 bridgehead atoms. The molecule has 150 valence electrons. The van der Waals surface area contributed by atoms with Crippen LogP contribution in [-0.4, -0.2) is 32.4 Å². The highest BCUT2D eigenvalue weighted by atomic mass is 19.1. The largest absolute Gasteiger partial charge is 0.497 e. The average Bonchev–Trinajstić information content (AvgIpc) is 3.34. The number of fused-ring (bicyclic) bond motifs is 2. The van der Waals surface area contributed by atoms with Gasteiger partial charge in [0.15, 0.2) is 5.65 Å². The molecule has 0 amide bonds. The molecule has 0 saturated carbocycles. The van der Waals surface area contributed by atoms with E-state index in [1.54, 1.807) is 30.7 Å². The van der Waals surface area contributed by atoms with E-state index in [-0.39, 0.29) is 0 Å². The van der Waals surface area contributed by atoms with Crippen molar-refractivity contribution >= 4 is 22.9 Å². The minimum absolute atomic E-state index is 0.359. The zero-order chi connectivity index (χ0) is 20.7. The van der Waals surface area contributed by atoms with Gasteiger partial charge in [-0.15, -0.1) is 0 Å². The molecule has 4 aromatic rings. The Hall–Kier alpha value is -3.94. The van der Waals surface area contributed by atoms with Gasteiger partial charge in [0.2, 0.25) is 0 Å². The lowest BCUT2D eigenvalue weighted by Gasteiger charge is -2.11. The number of nitrogens with one attached hydrogen (secondary N) is 1. The number of hydrogen-bond donors (Lipinski definition) is 2. The average molecular weight is 403 g/mol. The molecule has 8 heteroatoms. The molecule has 0 fully saturated rings. The van der Waals surface area contributed by atoms with Crippen LogP contribution in [0.2, 0.25) is 0 Å². The fraction of sp³-hybridized carbons (Fsp3) is 0.136. The van der Waals surface area contributed by atoms with Crippen LogP contribution >= 0.6 is 0 Å². The van der Waals surface area contributed by atoms with Gasteiger partial charge in [-0.05, 0) is 42.7 Å². The Labute approximate surface area is 171 Å². The van der Waals surface area contributed by atoms with Crippen LogP contribution in [0.1, 0.15) is 17.5 Å². The molecule has 0 radical (unpaired) electrons. The molecule has 2 aromatic heterocycles. The number of anilines is 2. The summed E-state index contributed by atoms with van der Waals surface area (Å²) in [4.78, 5) is 8.72. The Morgan fingerprint density at radius 3 is 2.83 bits per heavy atom. The Bertz CT molecular complexity index is 1300. The van der Waals surface area contributed by atoms with E-state index in [1.807, 2.05) is 22.6 Å². The number of aryl methyl sites for hydroxylation is 1. The Kier molecular flexibility index (Phi) is 4.31. The third kappa shape index (κ3) is 2.93. The lowest BCUT2D eigenvalue weighted by Crippen LogP contribution is -1.99. The lowest BCUT2D eigenvalue weighted by molar-refractivity contribution is 0.318. The summed E-state index contributed by atoms with van der Waals surface area (Å²) in [5.74, 6) is 0.646. The predicted molar refractivity (Wildman–Crippen MR) is 111 cm³/mol. The second kappa shape index (κ2) is 7.14. The summed E-state index contributed by atoms with van der Waals surface area (Å²) < 4.78 is 21.8. The first kappa shape index (κ1) is 18.1. The number of imidazole rings is 1. The third-order valence-corrected chi connectivity index (χ3v) is 5.29. The van der Waals surface area contributed by atoms with Gasteiger partial charge >= 0.3 is 0 Å². The summed E-state index contributed by atoms with van der Waals surface area (Å²) in [6.07, 6.45) is 6.57. The van der Waals surface area contributed by atoms with E-state index < -0.39 is 5.82 Å². The van der Waals surface area contributed by atoms with Gasteiger partial charge in [0.1, 0.15) is 23.1 Å². The first-order valence-corrected chi connectivity index (χ1v) is 9.45. The number of hydrogen-bond acceptors (Lipinski definition) is 6. The number of rotatable bonds is 4. The molecule has 0 unspecified atom stereocenters. The van der Waals surface area contributed by atoms with Crippen molar-refractivity contribution in [1.29, 1.82) is 0 Å². The molecule has 30 heavy (non-hydrogen) atoms. The van der Waals surface area contributed by atoms with E-state index in [1.165, 1.54) is 13.2 Å². The van der Waals surface area contributed by atoms with Crippen LogP contribution in [0.4, 0.5) is 15.9 Å². The number of benzene rings is 2. The quantitative estimate of drug-likeness (QED) is 0.389. The zero-order valence-corrected chi connectivity index (χ0v) is 16.1. The molecule has 1 aliphatic carbocycles. The van der Waals surface area contributed by atoms with Crippen LogP contribution in [0.25, 0.3) is 16.9 Å². The van der Waals surface area contributed by atoms with E-state index in [2.05, 4.69) is 20.4 Å². The van der Waals surface area contributed by atoms with Crippen molar-refractivity contribution in [2.45, 2.75) is 12.8 Å². The summed E-state index contributed by atoms with van der Waals surface area (Å²) in [6.45, 7) is 0. The second-order valence-corrected chi connectivity index (χ2v) is 7.00. The molecule has 1 aliphatic rings. The summed E-state index contributed by atoms with van der Waals surface area (Å²) in [5.41, 5.74) is 5.01. The van der Waals surface area contributed by atoms with Gasteiger partial charge in [0.25, 0.3) is 0 Å². The topological polar surface area (TPSA) is 84.0 Å². The maximum absolute atomic E-state index is 14.8. The van der Waals surface area contributed by atoms with E-state index in [0.717, 1.165) is 23.2 Å². The molecular weight excluding hydrogens is 385 g/mol. The number of ether oxygens (including phenoxy) is 1. The molecule has 2 aromatic carbocycles. The van der Waals surface area contributed by atoms with Gasteiger partial charge < -0.3 is 15.3 Å². The van der Waals surface area contributed by atoms with Crippen molar-refractivity contribution in [2.75, 3.05) is 12.4 Å². The Morgan fingerprint density at radius 1 is 1.17 bits per heavy atom. The Balaban J connectivity index is 1.62. The number of methoxy groups -OCH3 is 1. The molecular formula is C22H18FN5O2. The highest BCUT2D eigenvalue weighted by molar-refractivity contribution is 6.04. The first-order chi connectivity index (χ1) is 14.7. The summed E-state index contributed by atoms with van der Waals surface area (Å²) >= 11 is 0. The van der Waals surface area contributed by atoms with E-state index >= 15 is 0 Å². The predicted octanol–water partition coefficient (Wildman–Crippen LogP) is 4.41. The lowest BCUT2D eigenvalue weighted by atomic mass is 10.1. The van der Waals surface area contributed by atoms with Gasteiger partial charge in [-0.25, -0.2) is 9.37 Å². The maximum atomic E-state index is 14.8. The van der Waals surface area contributed by atoms with Crippen molar-refractivity contribution in [3.8, 4) is 17.0 Å². The van der Waals surface area contributed by atoms with Crippen LogP contribution < -0.4 is 10.1 Å². The van der Waals surface area contributed by atoms with Gasteiger partial charge in [0, 0.05) is 35.3 Å². The van der Waals surface area contributed by atoms with Gasteiger partial charge in [-0.2, -0.15) is 0 Å². The monoisotopic (exact) mass is 403 g/mol. The molecule has 2 heterocycles. The van der Waals surface area contributed by atoms with Crippen molar-refractivity contribution in [2.24, 2.45) is 5.16 Å². The number of nitrogens with zero attached hydrogens (tertiary/aromatic N) is 4. The van der Waals surface area contributed by atoms with Gasteiger partial charge in [0.05, 0.1) is 19.0 Å². The van der Waals surface area contributed by atoms with Gasteiger partial charge in [-0.1, -0.05) is 11.2 Å². The molecule has 0 spiro atoms. The van der Waals surface area contributed by atoms with Crippen LogP contribution in [0.5, 0.6) is 5.75 Å². The second-order valence-electron chi connectivity index (χ2n) is 7.00. The van der Waals surface area contributed by atoms with Crippen molar-refractivity contribution in [3.05, 3.63) is 71.9 Å². The maximum Gasteiger partial charge on any atom is 0.157 e. The first-order valence-electron chi connectivity index (χ1n) is 9.45. The van der Waals surface area contributed by atoms with Crippen LogP contribution in [0.3, 0.4) is 0 Å². The highest BCUT2D eigenvalue weighted by Gasteiger charge is 2.21. The number of halogens is 1. The number of oxime groups is 1. The van der Waals surface area contributed by atoms with E-state index in [9.17, 15) is 4.39 Å². The summed E-state index contributed by atoms with van der Waals surface area (Å²) in [7, 11) is 1.50. The molecule has 0 saturated heterocycles. The molecule has 5 rings (SSSR count). The minimum atomic E-state index is -0.425. The zero-order valence-electron chi connectivity index (χ0n) is 16.1. The molecule has 0 aliphatic heterocycles. The highest BCUT2D eigenvalue weighted by Crippen LogP contribution is 2.35. The Morgan fingerprint density at radius 2 is 2.03 bits per heavy atom. The van der Waals surface area contributed by atoms with Gasteiger partial charge in [-0.3, -0.25) is 9.38 Å². The third-order valence-electron chi connectivity index (χ3n) is 5.29. The van der Waals surface area contributed by atoms with Crippen molar-refractivity contribution in [1.82, 2.24) is 14.4 Å². The normalized spacial score (nSPS) is 14.3. The fourth-order valence-electron chi connectivity index (χ4n) is 3.82. The fourth-order valence-corrected chi connectivity index (χ4v) is 3.82. The van der Waals surface area contributed by atoms with E-state index in [4.69, 9.17) is 9.94 Å². The smallest absolute Gasteiger partial charge is 0.157 e. The molecule has 7 nitrogen and oxygen atoms in total. The minimum Gasteiger partial charge on any atom is -0.497 e. The summed E-state index contributed by atoms with van der Waals surface area (Å²) in [6, 6.07) is 10.5. The van der Waals surface area contributed by atoms with Crippen LogP contribution in [0.15, 0.2) is 60.1 Å². The van der Waals surface area contributed by atoms with E-state index in [0.29, 0.717) is 40.6 Å². The standard InChI is InChI=1S/C22H18FN5O2/c1-30-15-4-6-17(18(23)11-15)21-22(28-9-8-24-12-20(28)26-21)25-14-3-5-16-13(10-14)2-7-19(16)27-29/h3-6,8-12,25,29H,2,7H2,1H3/b27-19+. The van der Waals surface area contributed by atoms with Crippen LogP contribution in [-0.2, 0) is 6.42 Å². The number of aromatic nitrogens is 3. The molecule has 2 N–H and O–H groups in total. The van der Waals surface area contributed by atoms with Crippen molar-refractivity contribution < 1.29 is 14.3 Å². The summed E-state index contributed by atoms with van der Waals surface area (Å²) in [5, 5.41) is 15.9.